The Morgan fingerprint density at radius 2 is 2.21 bits per heavy atom. The minimum atomic E-state index is -0.186. The van der Waals surface area contributed by atoms with E-state index >= 15 is 0 Å². The molecule has 3 unspecified atom stereocenters. The predicted molar refractivity (Wildman–Crippen MR) is 52.7 cm³/mol. The van der Waals surface area contributed by atoms with Crippen molar-refractivity contribution < 1.29 is 9.53 Å². The highest BCUT2D eigenvalue weighted by molar-refractivity contribution is 5.66. The van der Waals surface area contributed by atoms with Gasteiger partial charge in [-0.1, -0.05) is 0 Å². The van der Waals surface area contributed by atoms with E-state index in [4.69, 9.17) is 10.5 Å². The molecule has 14 heavy (non-hydrogen) atoms. The van der Waals surface area contributed by atoms with Crippen LogP contribution >= 0.6 is 0 Å². The number of hydrogen-bond acceptors (Lipinski definition) is 4. The third-order valence-corrected chi connectivity index (χ3v) is 3.24. The fraction of sp³-hybridized carbons (Fsp3) is 0.900. The Bertz CT molecular complexity index is 232. The van der Waals surface area contributed by atoms with Gasteiger partial charge in [0.1, 0.15) is 6.10 Å². The van der Waals surface area contributed by atoms with Crippen molar-refractivity contribution in [3.05, 3.63) is 0 Å². The van der Waals surface area contributed by atoms with Gasteiger partial charge < -0.3 is 10.5 Å². The summed E-state index contributed by atoms with van der Waals surface area (Å²) in [5, 5.41) is 0. The van der Waals surface area contributed by atoms with Gasteiger partial charge in [-0.05, 0) is 25.8 Å². The molecule has 2 saturated heterocycles. The molecule has 4 heteroatoms. The lowest BCUT2D eigenvalue weighted by Gasteiger charge is -2.36. The van der Waals surface area contributed by atoms with Crippen LogP contribution < -0.4 is 5.73 Å². The van der Waals surface area contributed by atoms with E-state index in [0.29, 0.717) is 0 Å². The van der Waals surface area contributed by atoms with Gasteiger partial charge >= 0.3 is 5.97 Å². The minimum Gasteiger partial charge on any atom is -0.461 e. The quantitative estimate of drug-likeness (QED) is 0.608. The van der Waals surface area contributed by atoms with Gasteiger partial charge in [-0.15, -0.1) is 0 Å². The van der Waals surface area contributed by atoms with Crippen molar-refractivity contribution >= 4 is 5.97 Å². The van der Waals surface area contributed by atoms with Crippen LogP contribution in [0.2, 0.25) is 0 Å². The summed E-state index contributed by atoms with van der Waals surface area (Å²) in [5.74, 6) is -0.186. The first-order valence-corrected chi connectivity index (χ1v) is 5.35. The van der Waals surface area contributed by atoms with E-state index in [-0.39, 0.29) is 24.2 Å². The first-order chi connectivity index (χ1) is 6.68. The zero-order valence-corrected chi connectivity index (χ0v) is 8.61. The highest BCUT2D eigenvalue weighted by atomic mass is 16.5. The number of carbonyl (C=O) groups is 1. The molecule has 2 fully saturated rings. The van der Waals surface area contributed by atoms with E-state index in [1.54, 1.807) is 0 Å². The summed E-state index contributed by atoms with van der Waals surface area (Å²) in [6.07, 6.45) is 3.20. The van der Waals surface area contributed by atoms with E-state index in [1.165, 1.54) is 13.3 Å². The number of nitrogens with two attached hydrogens (primary N) is 1. The molecule has 0 aromatic rings. The average Bonchev–Trinajstić information content (AvgIpc) is 2.49. The van der Waals surface area contributed by atoms with Crippen molar-refractivity contribution in [2.24, 2.45) is 5.73 Å². The lowest BCUT2D eigenvalue weighted by atomic mass is 9.95. The van der Waals surface area contributed by atoms with Crippen molar-refractivity contribution in [3.8, 4) is 0 Å². The minimum absolute atomic E-state index is 0.0304. The van der Waals surface area contributed by atoms with Gasteiger partial charge in [0.15, 0.2) is 0 Å². The highest BCUT2D eigenvalue weighted by Crippen LogP contribution is 2.28. The van der Waals surface area contributed by atoms with Crippen LogP contribution in [0.3, 0.4) is 0 Å². The average molecular weight is 198 g/mol. The van der Waals surface area contributed by atoms with Crippen LogP contribution in [0.4, 0.5) is 0 Å². The largest absolute Gasteiger partial charge is 0.461 e. The second-order valence-corrected chi connectivity index (χ2v) is 4.27. The Hall–Kier alpha value is -0.610. The number of rotatable bonds is 1. The monoisotopic (exact) mass is 198 g/mol. The van der Waals surface area contributed by atoms with E-state index in [1.807, 2.05) is 0 Å². The van der Waals surface area contributed by atoms with Gasteiger partial charge in [-0.2, -0.15) is 0 Å². The van der Waals surface area contributed by atoms with Crippen LogP contribution in [-0.4, -0.2) is 42.1 Å². The van der Waals surface area contributed by atoms with Crippen LogP contribution in [-0.2, 0) is 9.53 Å². The summed E-state index contributed by atoms with van der Waals surface area (Å²) in [6, 6.07) is 0.447. The Morgan fingerprint density at radius 3 is 2.93 bits per heavy atom. The fourth-order valence-corrected chi connectivity index (χ4v) is 2.70. The standard InChI is InChI=1S/C10H18N2O2/c1-7(13)14-9-4-6-12-5-2-3-8(11)10(9)12/h8-10H,2-6,11H2,1H3. The van der Waals surface area contributed by atoms with Gasteiger partial charge in [0.2, 0.25) is 0 Å². The van der Waals surface area contributed by atoms with E-state index in [9.17, 15) is 4.79 Å². The summed E-state index contributed by atoms with van der Waals surface area (Å²) in [7, 11) is 0. The summed E-state index contributed by atoms with van der Waals surface area (Å²) < 4.78 is 5.29. The maximum atomic E-state index is 10.9. The van der Waals surface area contributed by atoms with Crippen LogP contribution in [0, 0.1) is 0 Å². The van der Waals surface area contributed by atoms with Gasteiger partial charge in [0, 0.05) is 19.5 Å². The summed E-state index contributed by atoms with van der Waals surface area (Å²) in [6.45, 7) is 3.60. The molecule has 0 radical (unpaired) electrons. The number of nitrogens with zero attached hydrogens (tertiary/aromatic N) is 1. The summed E-state index contributed by atoms with van der Waals surface area (Å²) in [5.41, 5.74) is 6.05. The molecule has 0 aromatic carbocycles. The normalized spacial score (nSPS) is 38.0. The molecular weight excluding hydrogens is 180 g/mol. The van der Waals surface area contributed by atoms with E-state index in [2.05, 4.69) is 4.90 Å². The van der Waals surface area contributed by atoms with Crippen molar-refractivity contribution in [1.82, 2.24) is 4.90 Å². The van der Waals surface area contributed by atoms with Crippen molar-refractivity contribution in [1.29, 1.82) is 0 Å². The molecular formula is C10H18N2O2. The molecule has 0 aromatic heterocycles. The van der Waals surface area contributed by atoms with E-state index < -0.39 is 0 Å². The van der Waals surface area contributed by atoms with Crippen LogP contribution in [0.25, 0.3) is 0 Å². The maximum Gasteiger partial charge on any atom is 0.302 e. The van der Waals surface area contributed by atoms with E-state index in [0.717, 1.165) is 25.9 Å². The van der Waals surface area contributed by atoms with Gasteiger partial charge in [-0.25, -0.2) is 0 Å². The Balaban J connectivity index is 2.02. The van der Waals surface area contributed by atoms with Crippen molar-refractivity contribution in [2.45, 2.75) is 44.4 Å². The Morgan fingerprint density at radius 1 is 1.43 bits per heavy atom. The molecule has 4 nitrogen and oxygen atoms in total. The second kappa shape index (κ2) is 3.87. The Kier molecular flexibility index (Phi) is 2.74. The van der Waals surface area contributed by atoms with Crippen molar-refractivity contribution in [3.63, 3.8) is 0 Å². The van der Waals surface area contributed by atoms with Gasteiger partial charge in [0.05, 0.1) is 6.04 Å². The summed E-state index contributed by atoms with van der Waals surface area (Å²) in [4.78, 5) is 13.3. The maximum absolute atomic E-state index is 10.9. The third kappa shape index (κ3) is 1.77. The van der Waals surface area contributed by atoms with Crippen LogP contribution in [0.15, 0.2) is 0 Å². The smallest absolute Gasteiger partial charge is 0.302 e. The number of hydrogen-bond donors (Lipinski definition) is 1. The van der Waals surface area contributed by atoms with Crippen LogP contribution in [0.1, 0.15) is 26.2 Å². The molecule has 2 aliphatic heterocycles. The summed E-state index contributed by atoms with van der Waals surface area (Å²) >= 11 is 0. The number of ether oxygens (including phenoxy) is 1. The molecule has 2 aliphatic rings. The fourth-order valence-electron chi connectivity index (χ4n) is 2.70. The number of esters is 1. The van der Waals surface area contributed by atoms with Crippen molar-refractivity contribution in [2.75, 3.05) is 13.1 Å². The number of carbonyl (C=O) groups excluding carboxylic acids is 1. The molecule has 2 N–H and O–H groups in total. The highest BCUT2D eigenvalue weighted by Gasteiger charge is 2.41. The zero-order valence-electron chi connectivity index (χ0n) is 8.61. The molecule has 3 atom stereocenters. The molecule has 0 bridgehead atoms. The predicted octanol–water partition coefficient (Wildman–Crippen LogP) is 0.114. The molecule has 0 spiro atoms. The lowest BCUT2D eigenvalue weighted by Crippen LogP contribution is -2.53. The third-order valence-electron chi connectivity index (χ3n) is 3.24. The molecule has 0 amide bonds. The lowest BCUT2D eigenvalue weighted by molar-refractivity contribution is -0.148. The first-order valence-electron chi connectivity index (χ1n) is 5.35. The zero-order chi connectivity index (χ0) is 10.1. The molecule has 2 rings (SSSR count). The molecule has 2 heterocycles. The number of piperidine rings is 1. The molecule has 0 saturated carbocycles. The first kappa shape index (κ1) is 9.93. The molecule has 0 aliphatic carbocycles. The van der Waals surface area contributed by atoms with Gasteiger partial charge in [0.25, 0.3) is 0 Å². The second-order valence-electron chi connectivity index (χ2n) is 4.27. The SMILES string of the molecule is CC(=O)OC1CCN2CCCC(N)C12. The topological polar surface area (TPSA) is 55.6 Å². The molecule has 80 valence electrons. The van der Waals surface area contributed by atoms with Gasteiger partial charge in [-0.3, -0.25) is 9.69 Å². The van der Waals surface area contributed by atoms with Crippen LogP contribution in [0.5, 0.6) is 0 Å². The Labute approximate surface area is 84.4 Å². The number of fused-ring (bicyclic) bond motifs is 1.